The van der Waals surface area contributed by atoms with Crippen LogP contribution in [-0.2, 0) is 22.3 Å². The molecule has 1 spiro atoms. The largest absolute Gasteiger partial charge is 0.493 e. The summed E-state index contributed by atoms with van der Waals surface area (Å²) in [5, 5.41) is 7.68. The van der Waals surface area contributed by atoms with Crippen LogP contribution in [0.1, 0.15) is 65.2 Å². The second-order valence-electron chi connectivity index (χ2n) is 8.62. The highest BCUT2D eigenvalue weighted by Gasteiger charge is 2.40. The van der Waals surface area contributed by atoms with Crippen molar-refractivity contribution in [1.29, 1.82) is 0 Å². The van der Waals surface area contributed by atoms with E-state index >= 15 is 4.39 Å². The number of carbonyl (C=O) groups excluding carboxylic acids is 2. The van der Waals surface area contributed by atoms with Gasteiger partial charge in [-0.15, -0.1) is 0 Å². The first-order valence-electron chi connectivity index (χ1n) is 11.5. The Hall–Kier alpha value is -2.94. The van der Waals surface area contributed by atoms with E-state index in [1.807, 2.05) is 13.8 Å². The maximum Gasteiger partial charge on any atom is 0.342 e. The van der Waals surface area contributed by atoms with Crippen LogP contribution in [0.5, 0.6) is 5.75 Å². The van der Waals surface area contributed by atoms with Crippen LogP contribution in [0.25, 0.3) is 5.69 Å². The fraction of sp³-hybridized carbons (Fsp3) is 0.542. The van der Waals surface area contributed by atoms with Crippen molar-refractivity contribution in [2.24, 2.45) is 5.41 Å². The number of methoxy groups -OCH3 is 1. The van der Waals surface area contributed by atoms with Crippen molar-refractivity contribution in [3.8, 4) is 11.4 Å². The first kappa shape index (κ1) is 23.2. The molecule has 2 aliphatic rings. The van der Waals surface area contributed by atoms with Gasteiger partial charge in [-0.2, -0.15) is 5.10 Å². The highest BCUT2D eigenvalue weighted by Crippen LogP contribution is 2.40. The maximum absolute atomic E-state index is 15.3. The van der Waals surface area contributed by atoms with E-state index in [4.69, 9.17) is 14.2 Å². The molecule has 0 bridgehead atoms. The number of ether oxygens (including phenoxy) is 3. The second kappa shape index (κ2) is 9.51. The van der Waals surface area contributed by atoms with Crippen LogP contribution in [0.15, 0.2) is 12.1 Å². The molecule has 8 nitrogen and oxygen atoms in total. The Bertz CT molecular complexity index is 1060. The molecule has 1 N–H and O–H groups in total. The molecule has 2 aliphatic heterocycles. The summed E-state index contributed by atoms with van der Waals surface area (Å²) in [6, 6.07) is 2.56. The Morgan fingerprint density at radius 2 is 2.06 bits per heavy atom. The van der Waals surface area contributed by atoms with Gasteiger partial charge in [0.25, 0.3) is 5.91 Å². The first-order valence-corrected chi connectivity index (χ1v) is 11.5. The zero-order valence-corrected chi connectivity index (χ0v) is 19.3. The lowest BCUT2D eigenvalue weighted by atomic mass is 9.76. The topological polar surface area (TPSA) is 91.7 Å². The van der Waals surface area contributed by atoms with Gasteiger partial charge in [0.15, 0.2) is 11.6 Å². The highest BCUT2D eigenvalue weighted by atomic mass is 19.1. The fourth-order valence-corrected chi connectivity index (χ4v) is 4.68. The molecular formula is C24H30FN3O5. The van der Waals surface area contributed by atoms with E-state index in [0.717, 1.165) is 12.8 Å². The smallest absolute Gasteiger partial charge is 0.342 e. The zero-order chi connectivity index (χ0) is 23.6. The third-order valence-electron chi connectivity index (χ3n) is 6.49. The molecule has 0 saturated carbocycles. The van der Waals surface area contributed by atoms with Crippen molar-refractivity contribution >= 4 is 11.9 Å². The standard InChI is InChI=1S/C24H30FN3O5/c1-4-10-33-23(30)15-6-7-16(25)20(21(15)31-3)28-18-13-24(8-11-32-12-9-24)14-26-22(29)19(18)17(5-2)27-28/h6-7H,4-5,8-14H2,1-3H3,(H,26,29). The number of halogens is 1. The van der Waals surface area contributed by atoms with Crippen LogP contribution < -0.4 is 10.1 Å². The number of benzene rings is 1. The molecule has 1 aromatic carbocycles. The summed E-state index contributed by atoms with van der Waals surface area (Å²) in [7, 11) is 1.38. The summed E-state index contributed by atoms with van der Waals surface area (Å²) in [6.45, 7) is 5.78. The van der Waals surface area contributed by atoms with Crippen LogP contribution in [-0.4, -0.2) is 55.1 Å². The number of esters is 1. The van der Waals surface area contributed by atoms with Crippen molar-refractivity contribution in [2.45, 2.75) is 46.0 Å². The Balaban J connectivity index is 1.90. The van der Waals surface area contributed by atoms with E-state index < -0.39 is 11.8 Å². The Morgan fingerprint density at radius 1 is 1.30 bits per heavy atom. The van der Waals surface area contributed by atoms with Crippen LogP contribution in [0.4, 0.5) is 4.39 Å². The monoisotopic (exact) mass is 459 g/mol. The number of amides is 1. The summed E-state index contributed by atoms with van der Waals surface area (Å²) in [5.41, 5.74) is 1.59. The molecule has 1 aromatic heterocycles. The minimum Gasteiger partial charge on any atom is -0.493 e. The zero-order valence-electron chi connectivity index (χ0n) is 19.3. The van der Waals surface area contributed by atoms with E-state index in [9.17, 15) is 9.59 Å². The number of hydrogen-bond acceptors (Lipinski definition) is 6. The Labute approximate surface area is 192 Å². The van der Waals surface area contributed by atoms with Gasteiger partial charge in [-0.3, -0.25) is 4.79 Å². The predicted molar refractivity (Wildman–Crippen MR) is 119 cm³/mol. The first-order chi connectivity index (χ1) is 15.9. The van der Waals surface area contributed by atoms with Gasteiger partial charge in [0.05, 0.1) is 30.7 Å². The third kappa shape index (κ3) is 4.21. The van der Waals surface area contributed by atoms with E-state index in [0.29, 0.717) is 56.0 Å². The molecule has 9 heteroatoms. The minimum atomic E-state index is -0.600. The molecule has 1 amide bonds. The Morgan fingerprint density at radius 3 is 2.73 bits per heavy atom. The molecule has 0 atom stereocenters. The summed E-state index contributed by atoms with van der Waals surface area (Å²) in [4.78, 5) is 25.7. The number of nitrogens with one attached hydrogen (secondary N) is 1. The molecule has 33 heavy (non-hydrogen) atoms. The average Bonchev–Trinajstić information content (AvgIpc) is 3.12. The van der Waals surface area contributed by atoms with Crippen LogP contribution in [0.3, 0.4) is 0 Å². The number of rotatable bonds is 6. The highest BCUT2D eigenvalue weighted by molar-refractivity contribution is 5.97. The van der Waals surface area contributed by atoms with Gasteiger partial charge >= 0.3 is 5.97 Å². The van der Waals surface area contributed by atoms with Gasteiger partial charge in [-0.25, -0.2) is 13.9 Å². The van der Waals surface area contributed by atoms with Crippen LogP contribution in [0, 0.1) is 11.2 Å². The quantitative estimate of drug-likeness (QED) is 0.667. The number of carbonyl (C=O) groups is 2. The van der Waals surface area contributed by atoms with Crippen molar-refractivity contribution in [3.63, 3.8) is 0 Å². The van der Waals surface area contributed by atoms with E-state index in [2.05, 4.69) is 10.4 Å². The number of nitrogens with zero attached hydrogens (tertiary/aromatic N) is 2. The molecule has 0 aliphatic carbocycles. The molecule has 4 rings (SSSR count). The summed E-state index contributed by atoms with van der Waals surface area (Å²) in [5.74, 6) is -1.37. The van der Waals surface area contributed by atoms with Gasteiger partial charge in [-0.1, -0.05) is 13.8 Å². The van der Waals surface area contributed by atoms with E-state index in [1.165, 1.54) is 23.9 Å². The SMILES string of the molecule is CCCOC(=O)c1ccc(F)c(-n2nc(CC)c3c2CC2(CCOCC2)CNC3=O)c1OC. The number of aromatic nitrogens is 2. The average molecular weight is 460 g/mol. The lowest BCUT2D eigenvalue weighted by Gasteiger charge is -2.36. The van der Waals surface area contributed by atoms with Gasteiger partial charge in [-0.05, 0) is 49.7 Å². The van der Waals surface area contributed by atoms with Gasteiger partial charge < -0.3 is 19.5 Å². The molecule has 2 aromatic rings. The normalized spacial score (nSPS) is 17.3. The molecule has 178 valence electrons. The third-order valence-corrected chi connectivity index (χ3v) is 6.49. The van der Waals surface area contributed by atoms with Crippen LogP contribution >= 0.6 is 0 Å². The number of fused-ring (bicyclic) bond motifs is 1. The van der Waals surface area contributed by atoms with E-state index in [-0.39, 0.29) is 34.9 Å². The fourth-order valence-electron chi connectivity index (χ4n) is 4.68. The molecule has 3 heterocycles. The van der Waals surface area contributed by atoms with Crippen molar-refractivity contribution in [2.75, 3.05) is 33.5 Å². The lowest BCUT2D eigenvalue weighted by Crippen LogP contribution is -2.40. The van der Waals surface area contributed by atoms with Crippen molar-refractivity contribution in [3.05, 3.63) is 40.5 Å². The molecular weight excluding hydrogens is 429 g/mol. The summed E-state index contributed by atoms with van der Waals surface area (Å²) >= 11 is 0. The summed E-state index contributed by atoms with van der Waals surface area (Å²) in [6.07, 6.45) is 3.26. The number of aryl methyl sites for hydroxylation is 1. The van der Waals surface area contributed by atoms with E-state index in [1.54, 1.807) is 0 Å². The lowest BCUT2D eigenvalue weighted by molar-refractivity contribution is 0.0154. The molecule has 0 radical (unpaired) electrons. The second-order valence-corrected chi connectivity index (χ2v) is 8.62. The molecule has 1 saturated heterocycles. The maximum atomic E-state index is 15.3. The summed E-state index contributed by atoms with van der Waals surface area (Å²) < 4.78 is 33.1. The minimum absolute atomic E-state index is 0.0105. The Kier molecular flexibility index (Phi) is 6.69. The number of hydrogen-bond donors (Lipinski definition) is 1. The van der Waals surface area contributed by atoms with Gasteiger partial charge in [0, 0.05) is 19.8 Å². The van der Waals surface area contributed by atoms with Gasteiger partial charge in [0.1, 0.15) is 11.3 Å². The van der Waals surface area contributed by atoms with Crippen molar-refractivity contribution in [1.82, 2.24) is 15.1 Å². The molecule has 1 fully saturated rings. The predicted octanol–water partition coefficient (Wildman–Crippen LogP) is 3.23. The van der Waals surface area contributed by atoms with Crippen molar-refractivity contribution < 1.29 is 28.2 Å². The van der Waals surface area contributed by atoms with Gasteiger partial charge in [0.2, 0.25) is 0 Å². The molecule has 0 unspecified atom stereocenters. The van der Waals surface area contributed by atoms with Crippen LogP contribution in [0.2, 0.25) is 0 Å².